The minimum Gasteiger partial charge on any atom is -0.368 e. The zero-order valence-electron chi connectivity index (χ0n) is 14.1. The maximum Gasteiger partial charge on any atom is 0.253 e. The summed E-state index contributed by atoms with van der Waals surface area (Å²) >= 11 is 0. The zero-order valence-corrected chi connectivity index (χ0v) is 14.1. The van der Waals surface area contributed by atoms with Gasteiger partial charge < -0.3 is 9.80 Å². The van der Waals surface area contributed by atoms with Gasteiger partial charge in [0, 0.05) is 37.4 Å². The zero-order chi connectivity index (χ0) is 17.1. The molecule has 1 aliphatic rings. The fraction of sp³-hybridized carbons (Fsp3) is 0.300. The second-order valence-corrected chi connectivity index (χ2v) is 6.24. The molecule has 0 saturated carbocycles. The Morgan fingerprint density at radius 3 is 2.21 bits per heavy atom. The van der Waals surface area contributed by atoms with Gasteiger partial charge in [0.1, 0.15) is 0 Å². The fourth-order valence-corrected chi connectivity index (χ4v) is 2.97. The van der Waals surface area contributed by atoms with E-state index in [-0.39, 0.29) is 5.91 Å². The van der Waals surface area contributed by atoms with Crippen LogP contribution >= 0.6 is 0 Å². The molecular formula is C20H21N3O. The minimum absolute atomic E-state index is 0.109. The molecule has 1 aliphatic heterocycles. The Kier molecular flexibility index (Phi) is 4.52. The van der Waals surface area contributed by atoms with Crippen molar-refractivity contribution in [1.82, 2.24) is 4.90 Å². The molecule has 122 valence electrons. The van der Waals surface area contributed by atoms with Crippen LogP contribution in [0.5, 0.6) is 0 Å². The molecule has 0 aliphatic carbocycles. The summed E-state index contributed by atoms with van der Waals surface area (Å²) in [6.45, 7) is 7.14. The molecule has 0 atom stereocenters. The van der Waals surface area contributed by atoms with Gasteiger partial charge in [-0.25, -0.2) is 0 Å². The van der Waals surface area contributed by atoms with Gasteiger partial charge in [0.05, 0.1) is 11.6 Å². The monoisotopic (exact) mass is 319 g/mol. The molecule has 3 rings (SSSR count). The van der Waals surface area contributed by atoms with E-state index in [1.165, 1.54) is 5.56 Å². The lowest BCUT2D eigenvalue weighted by atomic mass is 10.1. The highest BCUT2D eigenvalue weighted by Gasteiger charge is 2.22. The lowest BCUT2D eigenvalue weighted by molar-refractivity contribution is 0.0746. The van der Waals surface area contributed by atoms with E-state index in [1.807, 2.05) is 54.3 Å². The van der Waals surface area contributed by atoms with E-state index >= 15 is 0 Å². The third-order valence-corrected chi connectivity index (χ3v) is 4.68. The maximum absolute atomic E-state index is 12.7. The van der Waals surface area contributed by atoms with Gasteiger partial charge in [-0.2, -0.15) is 5.26 Å². The van der Waals surface area contributed by atoms with E-state index in [0.29, 0.717) is 18.7 Å². The molecule has 0 spiro atoms. The van der Waals surface area contributed by atoms with E-state index in [0.717, 1.165) is 29.9 Å². The number of hydrogen-bond donors (Lipinski definition) is 0. The van der Waals surface area contributed by atoms with Gasteiger partial charge in [-0.15, -0.1) is 0 Å². The minimum atomic E-state index is 0.109. The number of aryl methyl sites for hydroxylation is 2. The molecule has 4 nitrogen and oxygen atoms in total. The highest BCUT2D eigenvalue weighted by molar-refractivity contribution is 5.94. The molecule has 24 heavy (non-hydrogen) atoms. The SMILES string of the molecule is Cc1ccc(C(=O)N2CCN(c3ccc(C#N)cc3)CC2)cc1C. The Bertz CT molecular complexity index is 782. The molecular weight excluding hydrogens is 298 g/mol. The number of piperazine rings is 1. The van der Waals surface area contributed by atoms with Crippen molar-refractivity contribution in [3.63, 3.8) is 0 Å². The maximum atomic E-state index is 12.7. The number of nitriles is 1. The number of hydrogen-bond acceptors (Lipinski definition) is 3. The molecule has 2 aromatic rings. The van der Waals surface area contributed by atoms with Crippen LogP contribution in [0.3, 0.4) is 0 Å². The standard InChI is InChI=1S/C20H21N3O/c1-15-3-6-18(13-16(15)2)20(24)23-11-9-22(10-12-23)19-7-4-17(14-21)5-8-19/h3-8,13H,9-12H2,1-2H3. The molecule has 0 bridgehead atoms. The predicted octanol–water partition coefficient (Wildman–Crippen LogP) is 3.14. The molecule has 0 radical (unpaired) electrons. The number of amides is 1. The quantitative estimate of drug-likeness (QED) is 0.854. The summed E-state index contributed by atoms with van der Waals surface area (Å²) < 4.78 is 0. The van der Waals surface area contributed by atoms with Crippen LogP contribution in [-0.2, 0) is 0 Å². The summed E-state index contributed by atoms with van der Waals surface area (Å²) in [6, 6.07) is 15.6. The summed E-state index contributed by atoms with van der Waals surface area (Å²) in [7, 11) is 0. The highest BCUT2D eigenvalue weighted by Crippen LogP contribution is 2.19. The summed E-state index contributed by atoms with van der Waals surface area (Å²) in [6.07, 6.45) is 0. The van der Waals surface area contributed by atoms with E-state index in [2.05, 4.69) is 17.9 Å². The lowest BCUT2D eigenvalue weighted by Crippen LogP contribution is -2.48. The first-order chi connectivity index (χ1) is 11.6. The van der Waals surface area contributed by atoms with Crippen molar-refractivity contribution in [3.05, 3.63) is 64.7 Å². The lowest BCUT2D eigenvalue weighted by Gasteiger charge is -2.36. The molecule has 1 heterocycles. The van der Waals surface area contributed by atoms with E-state index in [1.54, 1.807) is 0 Å². The van der Waals surface area contributed by atoms with Gasteiger partial charge >= 0.3 is 0 Å². The number of benzene rings is 2. The average Bonchev–Trinajstić information content (AvgIpc) is 2.63. The molecule has 2 aromatic carbocycles. The van der Waals surface area contributed by atoms with Gasteiger partial charge in [0.25, 0.3) is 5.91 Å². The fourth-order valence-electron chi connectivity index (χ4n) is 2.97. The molecule has 4 heteroatoms. The molecule has 1 amide bonds. The van der Waals surface area contributed by atoms with Crippen LogP contribution in [0.2, 0.25) is 0 Å². The van der Waals surface area contributed by atoms with Gasteiger partial charge in [0.2, 0.25) is 0 Å². The van der Waals surface area contributed by atoms with Crippen molar-refractivity contribution in [2.75, 3.05) is 31.1 Å². The Hall–Kier alpha value is -2.80. The number of nitrogens with zero attached hydrogens (tertiary/aromatic N) is 3. The molecule has 0 N–H and O–H groups in total. The first kappa shape index (κ1) is 16.1. The van der Waals surface area contributed by atoms with E-state index in [4.69, 9.17) is 5.26 Å². The number of rotatable bonds is 2. The van der Waals surface area contributed by atoms with Crippen LogP contribution in [0.25, 0.3) is 0 Å². The average molecular weight is 319 g/mol. The van der Waals surface area contributed by atoms with Crippen LogP contribution in [0.1, 0.15) is 27.0 Å². The molecule has 1 fully saturated rings. The van der Waals surface area contributed by atoms with Crippen molar-refractivity contribution in [2.45, 2.75) is 13.8 Å². The summed E-state index contributed by atoms with van der Waals surface area (Å²) in [5.74, 6) is 0.109. The summed E-state index contributed by atoms with van der Waals surface area (Å²) in [4.78, 5) is 16.8. The Morgan fingerprint density at radius 2 is 1.62 bits per heavy atom. The molecule has 1 saturated heterocycles. The van der Waals surface area contributed by atoms with Gasteiger partial charge in [-0.1, -0.05) is 6.07 Å². The Morgan fingerprint density at radius 1 is 0.958 bits per heavy atom. The first-order valence-corrected chi connectivity index (χ1v) is 8.20. The first-order valence-electron chi connectivity index (χ1n) is 8.20. The second-order valence-electron chi connectivity index (χ2n) is 6.24. The van der Waals surface area contributed by atoms with Crippen molar-refractivity contribution in [3.8, 4) is 6.07 Å². The summed E-state index contributed by atoms with van der Waals surface area (Å²) in [5.41, 5.74) is 4.90. The van der Waals surface area contributed by atoms with Crippen molar-refractivity contribution in [2.24, 2.45) is 0 Å². The van der Waals surface area contributed by atoms with Crippen LogP contribution in [0.15, 0.2) is 42.5 Å². The topological polar surface area (TPSA) is 47.3 Å². The van der Waals surface area contributed by atoms with Crippen molar-refractivity contribution in [1.29, 1.82) is 5.26 Å². The second kappa shape index (κ2) is 6.76. The number of carbonyl (C=O) groups excluding carboxylic acids is 1. The van der Waals surface area contributed by atoms with Crippen LogP contribution in [0.4, 0.5) is 5.69 Å². The highest BCUT2D eigenvalue weighted by atomic mass is 16.2. The van der Waals surface area contributed by atoms with Gasteiger partial charge in [0.15, 0.2) is 0 Å². The van der Waals surface area contributed by atoms with Crippen molar-refractivity contribution < 1.29 is 4.79 Å². The van der Waals surface area contributed by atoms with Gasteiger partial charge in [-0.3, -0.25) is 4.79 Å². The third kappa shape index (κ3) is 3.26. The third-order valence-electron chi connectivity index (χ3n) is 4.68. The number of carbonyl (C=O) groups is 1. The smallest absolute Gasteiger partial charge is 0.253 e. The summed E-state index contributed by atoms with van der Waals surface area (Å²) in [5, 5.41) is 8.87. The normalized spacial score (nSPS) is 14.4. The molecule has 0 aromatic heterocycles. The largest absolute Gasteiger partial charge is 0.368 e. The van der Waals surface area contributed by atoms with Crippen molar-refractivity contribution >= 4 is 11.6 Å². The van der Waals surface area contributed by atoms with Crippen LogP contribution < -0.4 is 4.90 Å². The van der Waals surface area contributed by atoms with Crippen LogP contribution in [-0.4, -0.2) is 37.0 Å². The molecule has 0 unspecified atom stereocenters. The van der Waals surface area contributed by atoms with Gasteiger partial charge in [-0.05, 0) is 61.4 Å². The van der Waals surface area contributed by atoms with E-state index < -0.39 is 0 Å². The number of anilines is 1. The van der Waals surface area contributed by atoms with E-state index in [9.17, 15) is 4.79 Å². The Labute approximate surface area is 142 Å². The Balaban J connectivity index is 1.64. The van der Waals surface area contributed by atoms with Crippen LogP contribution in [0, 0.1) is 25.2 Å². The predicted molar refractivity (Wildman–Crippen MR) is 95.2 cm³/mol.